The minimum Gasteiger partial charge on any atom is -0.443 e. The highest BCUT2D eigenvalue weighted by molar-refractivity contribution is 14.0. The van der Waals surface area contributed by atoms with Gasteiger partial charge in [-0.2, -0.15) is 0 Å². The minimum atomic E-state index is -0.267. The van der Waals surface area contributed by atoms with Gasteiger partial charge in [0.25, 0.3) is 0 Å². The molecular weight excluding hydrogens is 474 g/mol. The molecule has 0 aliphatic carbocycles. The van der Waals surface area contributed by atoms with E-state index in [1.165, 1.54) is 12.1 Å². The van der Waals surface area contributed by atoms with Crippen LogP contribution in [0.1, 0.15) is 51.0 Å². The van der Waals surface area contributed by atoms with Crippen LogP contribution in [0.3, 0.4) is 0 Å². The second-order valence-corrected chi connectivity index (χ2v) is 7.22. The SMILES string of the molecule is CCNC(=NCc1ncc(C(C)(C)C)o1)NCC(OC)c1ccc(F)cc1.I. The van der Waals surface area contributed by atoms with E-state index >= 15 is 0 Å². The molecule has 8 heteroatoms. The van der Waals surface area contributed by atoms with Gasteiger partial charge < -0.3 is 19.8 Å². The number of ether oxygens (including phenoxy) is 1. The molecule has 0 aliphatic heterocycles. The van der Waals surface area contributed by atoms with Crippen molar-refractivity contribution in [2.45, 2.75) is 45.8 Å². The molecule has 1 atom stereocenters. The molecule has 0 saturated carbocycles. The van der Waals surface area contributed by atoms with Gasteiger partial charge in [-0.15, -0.1) is 24.0 Å². The zero-order valence-corrected chi connectivity index (χ0v) is 19.4. The second-order valence-electron chi connectivity index (χ2n) is 7.22. The van der Waals surface area contributed by atoms with Crippen molar-refractivity contribution < 1.29 is 13.5 Å². The molecule has 0 saturated heterocycles. The van der Waals surface area contributed by atoms with Crippen molar-refractivity contribution in [1.29, 1.82) is 0 Å². The van der Waals surface area contributed by atoms with Crippen LogP contribution in [0.2, 0.25) is 0 Å². The molecule has 2 N–H and O–H groups in total. The van der Waals surface area contributed by atoms with E-state index < -0.39 is 0 Å². The van der Waals surface area contributed by atoms with Crippen LogP contribution in [0, 0.1) is 5.82 Å². The highest BCUT2D eigenvalue weighted by atomic mass is 127. The minimum absolute atomic E-state index is 0. The summed E-state index contributed by atoms with van der Waals surface area (Å²) in [5, 5.41) is 6.43. The number of hydrogen-bond acceptors (Lipinski definition) is 4. The van der Waals surface area contributed by atoms with Crippen LogP contribution in [-0.4, -0.2) is 31.1 Å². The summed E-state index contributed by atoms with van der Waals surface area (Å²) >= 11 is 0. The second kappa shape index (κ2) is 11.4. The predicted octanol–water partition coefficient (Wildman–Crippen LogP) is 4.17. The van der Waals surface area contributed by atoms with E-state index in [-0.39, 0.29) is 41.3 Å². The van der Waals surface area contributed by atoms with E-state index in [1.54, 1.807) is 25.4 Å². The summed E-state index contributed by atoms with van der Waals surface area (Å²) in [5.41, 5.74) is 0.809. The van der Waals surface area contributed by atoms with Gasteiger partial charge >= 0.3 is 0 Å². The number of oxazole rings is 1. The first-order valence-corrected chi connectivity index (χ1v) is 9.09. The summed E-state index contributed by atoms with van der Waals surface area (Å²) in [6, 6.07) is 6.29. The normalized spacial score (nSPS) is 13.0. The van der Waals surface area contributed by atoms with E-state index in [9.17, 15) is 4.39 Å². The van der Waals surface area contributed by atoms with Gasteiger partial charge in [0.05, 0.1) is 12.3 Å². The van der Waals surface area contributed by atoms with Crippen molar-refractivity contribution in [3.05, 3.63) is 53.5 Å². The summed E-state index contributed by atoms with van der Waals surface area (Å²) in [6.07, 6.45) is 1.53. The van der Waals surface area contributed by atoms with E-state index in [1.807, 2.05) is 6.92 Å². The van der Waals surface area contributed by atoms with Gasteiger partial charge in [-0.05, 0) is 24.6 Å². The van der Waals surface area contributed by atoms with Crippen LogP contribution in [0.15, 0.2) is 39.9 Å². The maximum absolute atomic E-state index is 13.1. The first kappa shape index (κ1) is 24.4. The molecule has 1 heterocycles. The Morgan fingerprint density at radius 3 is 2.46 bits per heavy atom. The molecule has 0 spiro atoms. The number of aliphatic imine (C=N–C) groups is 1. The molecule has 2 rings (SSSR count). The van der Waals surface area contributed by atoms with E-state index in [0.29, 0.717) is 24.9 Å². The zero-order chi connectivity index (χ0) is 19.9. The molecule has 0 radical (unpaired) electrons. The van der Waals surface area contributed by atoms with Crippen molar-refractivity contribution in [3.8, 4) is 0 Å². The standard InChI is InChI=1S/C20H29FN4O2.HI/c1-6-22-19(25-13-18-23-12-17(27-18)20(2,3)4)24-11-16(26-5)14-7-9-15(21)10-8-14;/h7-10,12,16H,6,11,13H2,1-5H3,(H2,22,24,25);1H. The van der Waals surface area contributed by atoms with Crippen LogP contribution in [0.25, 0.3) is 0 Å². The van der Waals surface area contributed by atoms with Crippen molar-refractivity contribution in [3.63, 3.8) is 0 Å². The van der Waals surface area contributed by atoms with Crippen LogP contribution >= 0.6 is 24.0 Å². The third kappa shape index (κ3) is 7.38. The fourth-order valence-electron chi connectivity index (χ4n) is 2.42. The molecule has 28 heavy (non-hydrogen) atoms. The van der Waals surface area contributed by atoms with Crippen molar-refractivity contribution in [2.75, 3.05) is 20.2 Å². The van der Waals surface area contributed by atoms with Gasteiger partial charge in [0.2, 0.25) is 5.89 Å². The van der Waals surface area contributed by atoms with Crippen LogP contribution in [-0.2, 0) is 16.7 Å². The van der Waals surface area contributed by atoms with Crippen LogP contribution < -0.4 is 10.6 Å². The quantitative estimate of drug-likeness (QED) is 0.337. The Labute approximate surface area is 183 Å². The maximum atomic E-state index is 13.1. The number of aromatic nitrogens is 1. The highest BCUT2D eigenvalue weighted by Gasteiger charge is 2.19. The Kier molecular flexibility index (Phi) is 9.88. The molecular formula is C20H30FIN4O2. The van der Waals surface area contributed by atoms with Gasteiger partial charge in [-0.25, -0.2) is 14.4 Å². The predicted molar refractivity (Wildman–Crippen MR) is 120 cm³/mol. The van der Waals surface area contributed by atoms with Crippen molar-refractivity contribution in [2.24, 2.45) is 4.99 Å². The Morgan fingerprint density at radius 1 is 1.25 bits per heavy atom. The number of hydrogen-bond donors (Lipinski definition) is 2. The monoisotopic (exact) mass is 504 g/mol. The number of nitrogens with zero attached hydrogens (tertiary/aromatic N) is 2. The lowest BCUT2D eigenvalue weighted by Gasteiger charge is -2.18. The highest BCUT2D eigenvalue weighted by Crippen LogP contribution is 2.22. The molecule has 0 bridgehead atoms. The molecule has 2 aromatic rings. The number of methoxy groups -OCH3 is 1. The summed E-state index contributed by atoms with van der Waals surface area (Å²) < 4.78 is 24.4. The van der Waals surface area contributed by atoms with Gasteiger partial charge in [0.15, 0.2) is 5.96 Å². The lowest BCUT2D eigenvalue weighted by atomic mass is 9.94. The third-order valence-corrected chi connectivity index (χ3v) is 3.99. The lowest BCUT2D eigenvalue weighted by molar-refractivity contribution is 0.106. The van der Waals surface area contributed by atoms with Gasteiger partial charge in [0.1, 0.15) is 18.1 Å². The largest absolute Gasteiger partial charge is 0.443 e. The number of halogens is 2. The first-order chi connectivity index (χ1) is 12.8. The molecule has 6 nitrogen and oxygen atoms in total. The molecule has 0 amide bonds. The topological polar surface area (TPSA) is 71.7 Å². The average Bonchev–Trinajstić information content (AvgIpc) is 3.11. The Bertz CT molecular complexity index is 741. The first-order valence-electron chi connectivity index (χ1n) is 9.09. The molecule has 0 aliphatic rings. The number of benzene rings is 1. The van der Waals surface area contributed by atoms with E-state index in [0.717, 1.165) is 17.9 Å². The van der Waals surface area contributed by atoms with Crippen molar-refractivity contribution in [1.82, 2.24) is 15.6 Å². The summed E-state index contributed by atoms with van der Waals surface area (Å²) in [7, 11) is 1.63. The summed E-state index contributed by atoms with van der Waals surface area (Å²) in [5.74, 6) is 1.77. The van der Waals surface area contributed by atoms with Crippen LogP contribution in [0.4, 0.5) is 4.39 Å². The fourth-order valence-corrected chi connectivity index (χ4v) is 2.42. The summed E-state index contributed by atoms with van der Waals surface area (Å²) in [4.78, 5) is 8.81. The lowest BCUT2D eigenvalue weighted by Crippen LogP contribution is -2.39. The maximum Gasteiger partial charge on any atom is 0.216 e. The van der Waals surface area contributed by atoms with Crippen molar-refractivity contribution >= 4 is 29.9 Å². The van der Waals surface area contributed by atoms with E-state index in [2.05, 4.69) is 41.4 Å². The molecule has 156 valence electrons. The molecule has 1 aromatic heterocycles. The zero-order valence-electron chi connectivity index (χ0n) is 17.1. The molecule has 1 aromatic carbocycles. The van der Waals surface area contributed by atoms with Gasteiger partial charge in [0, 0.05) is 25.6 Å². The molecule has 1 unspecified atom stereocenters. The Morgan fingerprint density at radius 2 is 1.93 bits per heavy atom. The average molecular weight is 504 g/mol. The fraction of sp³-hybridized carbons (Fsp3) is 0.500. The van der Waals surface area contributed by atoms with Gasteiger partial charge in [-0.3, -0.25) is 0 Å². The smallest absolute Gasteiger partial charge is 0.216 e. The number of nitrogens with one attached hydrogen (secondary N) is 2. The Balaban J connectivity index is 0.00000392. The summed E-state index contributed by atoms with van der Waals surface area (Å²) in [6.45, 7) is 9.77. The number of rotatable bonds is 7. The number of guanidine groups is 1. The van der Waals surface area contributed by atoms with Gasteiger partial charge in [-0.1, -0.05) is 32.9 Å². The van der Waals surface area contributed by atoms with E-state index in [4.69, 9.17) is 9.15 Å². The Hall–Kier alpha value is -1.68. The van der Waals surface area contributed by atoms with Crippen LogP contribution in [0.5, 0.6) is 0 Å². The molecule has 0 fully saturated rings. The third-order valence-electron chi connectivity index (χ3n) is 3.99.